The molecule has 0 aliphatic carbocycles. The Morgan fingerprint density at radius 1 is 1.29 bits per heavy atom. The van der Waals surface area contributed by atoms with Crippen molar-refractivity contribution in [1.29, 1.82) is 0 Å². The first-order valence-electron chi connectivity index (χ1n) is 6.84. The molecule has 0 aromatic carbocycles. The minimum Gasteiger partial charge on any atom is -0.279 e. The first kappa shape index (κ1) is 16.7. The molecule has 2 aromatic heterocycles. The molecule has 118 valence electrons. The topological polar surface area (TPSA) is 54.7 Å². The standard InChI is InChI=1S/C13H20ClN3O2S2/c1-9(2)7-16(8-10(3)4)21(18,19)12-11(14)15-13-17(12)5-6-20-13/h5-6,9-10H,7-8H2,1-4H3. The molecule has 2 rings (SSSR count). The van der Waals surface area contributed by atoms with Crippen LogP contribution in [0.25, 0.3) is 4.96 Å². The number of fused-ring (bicyclic) bond motifs is 1. The van der Waals surface area contributed by atoms with E-state index in [0.29, 0.717) is 18.1 Å². The van der Waals surface area contributed by atoms with Crippen molar-refractivity contribution in [2.24, 2.45) is 11.8 Å². The van der Waals surface area contributed by atoms with Crippen molar-refractivity contribution >= 4 is 37.9 Å². The van der Waals surface area contributed by atoms with Crippen LogP contribution in [0.5, 0.6) is 0 Å². The maximum atomic E-state index is 13.0. The number of halogens is 1. The molecule has 0 amide bonds. The third kappa shape index (κ3) is 3.41. The van der Waals surface area contributed by atoms with Crippen molar-refractivity contribution in [2.45, 2.75) is 32.7 Å². The van der Waals surface area contributed by atoms with E-state index in [0.717, 1.165) is 0 Å². The molecule has 0 atom stereocenters. The zero-order valence-electron chi connectivity index (χ0n) is 12.6. The lowest BCUT2D eigenvalue weighted by atomic mass is 10.2. The van der Waals surface area contributed by atoms with Crippen LogP contribution in [-0.2, 0) is 10.0 Å². The van der Waals surface area contributed by atoms with Crippen molar-refractivity contribution in [2.75, 3.05) is 13.1 Å². The average Bonchev–Trinajstić information content (AvgIpc) is 2.85. The van der Waals surface area contributed by atoms with Gasteiger partial charge in [-0.1, -0.05) is 39.3 Å². The lowest BCUT2D eigenvalue weighted by Crippen LogP contribution is -2.37. The molecule has 0 radical (unpaired) electrons. The molecule has 2 heterocycles. The van der Waals surface area contributed by atoms with Gasteiger partial charge in [0.05, 0.1) is 0 Å². The molecule has 0 bridgehead atoms. The minimum absolute atomic E-state index is 0.0411. The van der Waals surface area contributed by atoms with E-state index >= 15 is 0 Å². The molecular weight excluding hydrogens is 330 g/mol. The van der Waals surface area contributed by atoms with E-state index in [1.54, 1.807) is 16.0 Å². The zero-order chi connectivity index (χ0) is 15.8. The van der Waals surface area contributed by atoms with E-state index in [1.807, 2.05) is 27.7 Å². The van der Waals surface area contributed by atoms with E-state index in [9.17, 15) is 8.42 Å². The van der Waals surface area contributed by atoms with Crippen LogP contribution < -0.4 is 0 Å². The molecule has 2 aromatic rings. The number of aromatic nitrogens is 2. The fourth-order valence-electron chi connectivity index (χ4n) is 2.18. The summed E-state index contributed by atoms with van der Waals surface area (Å²) < 4.78 is 29.0. The Labute approximate surface area is 134 Å². The molecule has 0 unspecified atom stereocenters. The van der Waals surface area contributed by atoms with Gasteiger partial charge in [0.1, 0.15) is 0 Å². The van der Waals surface area contributed by atoms with Crippen LogP contribution in [0.1, 0.15) is 27.7 Å². The molecule has 0 saturated carbocycles. The molecule has 5 nitrogen and oxygen atoms in total. The Morgan fingerprint density at radius 2 is 1.86 bits per heavy atom. The van der Waals surface area contributed by atoms with Crippen molar-refractivity contribution in [3.8, 4) is 0 Å². The first-order chi connectivity index (χ1) is 9.73. The molecule has 0 aliphatic heterocycles. The quantitative estimate of drug-likeness (QED) is 0.803. The van der Waals surface area contributed by atoms with E-state index in [4.69, 9.17) is 11.6 Å². The van der Waals surface area contributed by atoms with Gasteiger partial charge >= 0.3 is 0 Å². The van der Waals surface area contributed by atoms with Crippen LogP contribution in [0.4, 0.5) is 0 Å². The highest BCUT2D eigenvalue weighted by Crippen LogP contribution is 2.28. The maximum absolute atomic E-state index is 13.0. The lowest BCUT2D eigenvalue weighted by molar-refractivity contribution is 0.332. The van der Waals surface area contributed by atoms with Crippen LogP contribution in [0, 0.1) is 11.8 Å². The Balaban J connectivity index is 2.51. The van der Waals surface area contributed by atoms with E-state index in [-0.39, 0.29) is 22.0 Å². The number of rotatable bonds is 6. The number of thiazole rings is 1. The third-order valence-corrected chi connectivity index (χ3v) is 5.89. The van der Waals surface area contributed by atoms with Crippen LogP contribution in [0.2, 0.25) is 5.15 Å². The summed E-state index contributed by atoms with van der Waals surface area (Å²) >= 11 is 7.44. The summed E-state index contributed by atoms with van der Waals surface area (Å²) in [5.74, 6) is 0.478. The van der Waals surface area contributed by atoms with Gasteiger partial charge in [-0.25, -0.2) is 13.4 Å². The number of hydrogen-bond donors (Lipinski definition) is 0. The Morgan fingerprint density at radius 3 is 2.38 bits per heavy atom. The van der Waals surface area contributed by atoms with Crippen LogP contribution >= 0.6 is 22.9 Å². The predicted molar refractivity (Wildman–Crippen MR) is 86.5 cm³/mol. The number of nitrogens with zero attached hydrogens (tertiary/aromatic N) is 3. The summed E-state index contributed by atoms with van der Waals surface area (Å²) in [4.78, 5) is 4.71. The van der Waals surface area contributed by atoms with E-state index in [1.165, 1.54) is 15.6 Å². The summed E-state index contributed by atoms with van der Waals surface area (Å²) in [5.41, 5.74) is 0. The van der Waals surface area contributed by atoms with E-state index < -0.39 is 10.0 Å². The summed E-state index contributed by atoms with van der Waals surface area (Å²) in [6.45, 7) is 8.94. The van der Waals surface area contributed by atoms with Crippen molar-refractivity contribution < 1.29 is 8.42 Å². The average molecular weight is 350 g/mol. The molecule has 21 heavy (non-hydrogen) atoms. The van der Waals surface area contributed by atoms with Crippen molar-refractivity contribution in [3.63, 3.8) is 0 Å². The van der Waals surface area contributed by atoms with Gasteiger partial charge in [-0.2, -0.15) is 4.31 Å². The van der Waals surface area contributed by atoms with Gasteiger partial charge in [-0.15, -0.1) is 11.3 Å². The fourth-order valence-corrected chi connectivity index (χ4v) is 5.35. The van der Waals surface area contributed by atoms with Crippen molar-refractivity contribution in [1.82, 2.24) is 13.7 Å². The van der Waals surface area contributed by atoms with Gasteiger partial charge in [-0.3, -0.25) is 4.40 Å². The summed E-state index contributed by atoms with van der Waals surface area (Å²) in [7, 11) is -3.67. The van der Waals surface area contributed by atoms with Gasteiger partial charge in [0.25, 0.3) is 10.0 Å². The highest BCUT2D eigenvalue weighted by molar-refractivity contribution is 7.89. The lowest BCUT2D eigenvalue weighted by Gasteiger charge is -2.25. The zero-order valence-corrected chi connectivity index (χ0v) is 15.0. The smallest absolute Gasteiger partial charge is 0.262 e. The molecule has 0 spiro atoms. The van der Waals surface area contributed by atoms with Crippen molar-refractivity contribution in [3.05, 3.63) is 16.7 Å². The Hall–Kier alpha value is -0.630. The van der Waals surface area contributed by atoms with Gasteiger partial charge < -0.3 is 0 Å². The van der Waals surface area contributed by atoms with Crippen LogP contribution in [-0.4, -0.2) is 35.2 Å². The van der Waals surface area contributed by atoms with Crippen LogP contribution in [0.15, 0.2) is 16.6 Å². The maximum Gasteiger partial charge on any atom is 0.262 e. The SMILES string of the molecule is CC(C)CN(CC(C)C)S(=O)(=O)c1c(Cl)nc2sccn12. The highest BCUT2D eigenvalue weighted by atomic mass is 35.5. The Bertz CT molecular complexity index is 709. The first-order valence-corrected chi connectivity index (χ1v) is 9.54. The third-order valence-electron chi connectivity index (χ3n) is 2.90. The molecule has 0 aliphatic rings. The van der Waals surface area contributed by atoms with Gasteiger partial charge in [0.2, 0.25) is 0 Å². The second-order valence-electron chi connectivity index (χ2n) is 5.87. The Kier molecular flexibility index (Phi) is 4.97. The second-order valence-corrected chi connectivity index (χ2v) is 8.96. The van der Waals surface area contributed by atoms with Gasteiger partial charge in [0.15, 0.2) is 15.1 Å². The minimum atomic E-state index is -3.67. The van der Waals surface area contributed by atoms with Gasteiger partial charge in [0, 0.05) is 24.7 Å². The van der Waals surface area contributed by atoms with Gasteiger partial charge in [-0.05, 0) is 11.8 Å². The summed E-state index contributed by atoms with van der Waals surface area (Å²) in [6.07, 6.45) is 1.69. The highest BCUT2D eigenvalue weighted by Gasteiger charge is 2.32. The van der Waals surface area contributed by atoms with Crippen LogP contribution in [0.3, 0.4) is 0 Å². The fraction of sp³-hybridized carbons (Fsp3) is 0.615. The number of hydrogen-bond acceptors (Lipinski definition) is 4. The number of imidazole rings is 1. The summed E-state index contributed by atoms with van der Waals surface area (Å²) in [6, 6.07) is 0. The number of sulfonamides is 1. The second kappa shape index (κ2) is 6.24. The molecule has 0 fully saturated rings. The molecular formula is C13H20ClN3O2S2. The summed E-state index contributed by atoms with van der Waals surface area (Å²) in [5, 5.41) is 1.91. The largest absolute Gasteiger partial charge is 0.279 e. The van der Waals surface area contributed by atoms with E-state index in [2.05, 4.69) is 4.98 Å². The monoisotopic (exact) mass is 349 g/mol. The normalized spacial score (nSPS) is 13.1. The molecule has 0 saturated heterocycles. The molecule has 8 heteroatoms. The predicted octanol–water partition coefficient (Wildman–Crippen LogP) is 3.35. The molecule has 0 N–H and O–H groups in total.